The third-order valence-electron chi connectivity index (χ3n) is 3.07. The van der Waals surface area contributed by atoms with Crippen LogP contribution in [0.3, 0.4) is 0 Å². The molecule has 0 spiro atoms. The van der Waals surface area contributed by atoms with Gasteiger partial charge in [0.05, 0.1) is 0 Å². The van der Waals surface area contributed by atoms with E-state index in [4.69, 9.17) is 11.6 Å². The van der Waals surface area contributed by atoms with Crippen LogP contribution in [0.1, 0.15) is 18.1 Å². The van der Waals surface area contributed by atoms with E-state index in [2.05, 4.69) is 12.2 Å². The fourth-order valence-electron chi connectivity index (χ4n) is 2.10. The van der Waals surface area contributed by atoms with Crippen molar-refractivity contribution in [1.82, 2.24) is 0 Å². The summed E-state index contributed by atoms with van der Waals surface area (Å²) in [5.41, 5.74) is 3.35. The second-order valence-corrected chi connectivity index (χ2v) is 5.31. The van der Waals surface area contributed by atoms with Gasteiger partial charge in [0, 0.05) is 16.8 Å². The smallest absolute Gasteiger partial charge is 0.115 e. The molecule has 2 aromatic rings. The zero-order valence-electron chi connectivity index (χ0n) is 11.2. The molecular formula is C16H18ClNO. The first-order valence-corrected chi connectivity index (χ1v) is 6.73. The van der Waals surface area contributed by atoms with Gasteiger partial charge < -0.3 is 10.4 Å². The average molecular weight is 276 g/mol. The molecular weight excluding hydrogens is 258 g/mol. The van der Waals surface area contributed by atoms with E-state index in [0.29, 0.717) is 11.8 Å². The maximum atomic E-state index is 9.39. The lowest BCUT2D eigenvalue weighted by molar-refractivity contribution is 0.475. The highest BCUT2D eigenvalue weighted by Crippen LogP contribution is 2.21. The molecule has 3 heteroatoms. The van der Waals surface area contributed by atoms with Crippen LogP contribution < -0.4 is 5.32 Å². The van der Waals surface area contributed by atoms with Gasteiger partial charge in [0.25, 0.3) is 0 Å². The van der Waals surface area contributed by atoms with Crippen LogP contribution in [-0.4, -0.2) is 11.1 Å². The number of halogens is 1. The van der Waals surface area contributed by atoms with Crippen LogP contribution in [0.5, 0.6) is 5.75 Å². The number of phenols is 1. The van der Waals surface area contributed by atoms with Crippen molar-refractivity contribution in [2.24, 2.45) is 0 Å². The SMILES string of the molecule is Cc1cc(O)ccc1NC(C)Cc1ccc(Cl)cc1. The number of nitrogens with one attached hydrogen (secondary N) is 1. The Kier molecular flexibility index (Phi) is 4.33. The van der Waals surface area contributed by atoms with Crippen LogP contribution >= 0.6 is 11.6 Å². The summed E-state index contributed by atoms with van der Waals surface area (Å²) in [6, 6.07) is 13.6. The molecule has 2 rings (SSSR count). The minimum absolute atomic E-state index is 0.299. The fraction of sp³-hybridized carbons (Fsp3) is 0.250. The van der Waals surface area contributed by atoms with Crippen LogP contribution in [0, 0.1) is 6.92 Å². The van der Waals surface area contributed by atoms with Gasteiger partial charge in [-0.25, -0.2) is 0 Å². The highest BCUT2D eigenvalue weighted by atomic mass is 35.5. The van der Waals surface area contributed by atoms with Crippen molar-refractivity contribution < 1.29 is 5.11 Å². The Bertz CT molecular complexity index is 551. The van der Waals surface area contributed by atoms with Gasteiger partial charge in [0.15, 0.2) is 0 Å². The van der Waals surface area contributed by atoms with Gasteiger partial charge >= 0.3 is 0 Å². The predicted octanol–water partition coefficient (Wildman–Crippen LogP) is 4.40. The summed E-state index contributed by atoms with van der Waals surface area (Å²) in [5.74, 6) is 0.299. The third-order valence-corrected chi connectivity index (χ3v) is 3.32. The molecule has 2 aromatic carbocycles. The Morgan fingerprint density at radius 1 is 1.16 bits per heavy atom. The molecule has 0 aromatic heterocycles. The Morgan fingerprint density at radius 3 is 2.47 bits per heavy atom. The fourth-order valence-corrected chi connectivity index (χ4v) is 2.23. The summed E-state index contributed by atoms with van der Waals surface area (Å²) >= 11 is 5.87. The van der Waals surface area contributed by atoms with Gasteiger partial charge in [-0.1, -0.05) is 23.7 Å². The molecule has 1 unspecified atom stereocenters. The van der Waals surface area contributed by atoms with Gasteiger partial charge in [-0.2, -0.15) is 0 Å². The second kappa shape index (κ2) is 5.98. The van der Waals surface area contributed by atoms with Gasteiger partial charge in [0.1, 0.15) is 5.75 Å². The number of phenolic OH excluding ortho intramolecular Hbond substituents is 1. The van der Waals surface area contributed by atoms with Crippen molar-refractivity contribution in [3.8, 4) is 5.75 Å². The number of aryl methyl sites for hydroxylation is 1. The van der Waals surface area contributed by atoms with Crippen molar-refractivity contribution in [1.29, 1.82) is 0 Å². The summed E-state index contributed by atoms with van der Waals surface area (Å²) < 4.78 is 0. The van der Waals surface area contributed by atoms with E-state index in [-0.39, 0.29) is 0 Å². The highest BCUT2D eigenvalue weighted by molar-refractivity contribution is 6.30. The number of aromatic hydroxyl groups is 1. The molecule has 0 radical (unpaired) electrons. The Labute approximate surface area is 119 Å². The molecule has 19 heavy (non-hydrogen) atoms. The van der Waals surface area contributed by atoms with Gasteiger partial charge in [-0.3, -0.25) is 0 Å². The summed E-state index contributed by atoms with van der Waals surface area (Å²) in [5, 5.41) is 13.6. The molecule has 100 valence electrons. The number of anilines is 1. The number of hydrogen-bond donors (Lipinski definition) is 2. The van der Waals surface area contributed by atoms with Gasteiger partial charge in [0.2, 0.25) is 0 Å². The third kappa shape index (κ3) is 3.90. The molecule has 2 N–H and O–H groups in total. The lowest BCUT2D eigenvalue weighted by Crippen LogP contribution is -2.18. The topological polar surface area (TPSA) is 32.3 Å². The molecule has 0 amide bonds. The minimum Gasteiger partial charge on any atom is -0.508 e. The van der Waals surface area contributed by atoms with E-state index < -0.39 is 0 Å². The summed E-state index contributed by atoms with van der Waals surface area (Å²) in [6.07, 6.45) is 0.928. The monoisotopic (exact) mass is 275 g/mol. The number of benzene rings is 2. The standard InChI is InChI=1S/C16H18ClNO/c1-11-9-15(19)7-8-16(11)18-12(2)10-13-3-5-14(17)6-4-13/h3-9,12,18-19H,10H2,1-2H3. The molecule has 0 heterocycles. The van der Waals surface area contributed by atoms with E-state index in [1.807, 2.05) is 37.3 Å². The van der Waals surface area contributed by atoms with Crippen LogP contribution in [-0.2, 0) is 6.42 Å². The maximum Gasteiger partial charge on any atom is 0.115 e. The molecule has 1 atom stereocenters. The van der Waals surface area contributed by atoms with E-state index in [9.17, 15) is 5.11 Å². The molecule has 0 saturated carbocycles. The Morgan fingerprint density at radius 2 is 1.84 bits per heavy atom. The van der Waals surface area contributed by atoms with Crippen molar-refractivity contribution in [2.75, 3.05) is 5.32 Å². The minimum atomic E-state index is 0.299. The molecule has 2 nitrogen and oxygen atoms in total. The van der Waals surface area contributed by atoms with Crippen LogP contribution in [0.2, 0.25) is 5.02 Å². The quantitative estimate of drug-likeness (QED) is 0.811. The normalized spacial score (nSPS) is 12.2. The number of rotatable bonds is 4. The van der Waals surface area contributed by atoms with Crippen LogP contribution in [0.15, 0.2) is 42.5 Å². The first kappa shape index (κ1) is 13.8. The largest absolute Gasteiger partial charge is 0.508 e. The highest BCUT2D eigenvalue weighted by Gasteiger charge is 2.06. The lowest BCUT2D eigenvalue weighted by Gasteiger charge is -2.17. The summed E-state index contributed by atoms with van der Waals surface area (Å²) in [7, 11) is 0. The van der Waals surface area contributed by atoms with Crippen molar-refractivity contribution >= 4 is 17.3 Å². The molecule has 0 saturated heterocycles. The Hall–Kier alpha value is -1.67. The summed E-state index contributed by atoms with van der Waals surface area (Å²) in [4.78, 5) is 0. The molecule has 0 bridgehead atoms. The van der Waals surface area contributed by atoms with Gasteiger partial charge in [-0.05, 0) is 61.7 Å². The van der Waals surface area contributed by atoms with E-state index >= 15 is 0 Å². The van der Waals surface area contributed by atoms with Crippen molar-refractivity contribution in [3.63, 3.8) is 0 Å². The second-order valence-electron chi connectivity index (χ2n) is 4.88. The van der Waals surface area contributed by atoms with E-state index in [1.165, 1.54) is 5.56 Å². The van der Waals surface area contributed by atoms with Gasteiger partial charge in [-0.15, -0.1) is 0 Å². The van der Waals surface area contributed by atoms with E-state index in [1.54, 1.807) is 12.1 Å². The van der Waals surface area contributed by atoms with Crippen molar-refractivity contribution in [3.05, 3.63) is 58.6 Å². The molecule has 0 aliphatic carbocycles. The lowest BCUT2D eigenvalue weighted by atomic mass is 10.1. The predicted molar refractivity (Wildman–Crippen MR) is 81.1 cm³/mol. The number of hydrogen-bond acceptors (Lipinski definition) is 2. The first-order chi connectivity index (χ1) is 9.04. The first-order valence-electron chi connectivity index (χ1n) is 6.35. The zero-order valence-corrected chi connectivity index (χ0v) is 11.9. The zero-order chi connectivity index (χ0) is 13.8. The van der Waals surface area contributed by atoms with Crippen molar-refractivity contribution in [2.45, 2.75) is 26.3 Å². The molecule has 0 aliphatic heterocycles. The molecule has 0 fully saturated rings. The van der Waals surface area contributed by atoms with Crippen LogP contribution in [0.4, 0.5) is 5.69 Å². The van der Waals surface area contributed by atoms with E-state index in [0.717, 1.165) is 22.7 Å². The summed E-state index contributed by atoms with van der Waals surface area (Å²) in [6.45, 7) is 4.12. The maximum absolute atomic E-state index is 9.39. The molecule has 0 aliphatic rings. The average Bonchev–Trinajstić information content (AvgIpc) is 2.36. The van der Waals surface area contributed by atoms with Crippen LogP contribution in [0.25, 0.3) is 0 Å². The Balaban J connectivity index is 2.01.